The van der Waals surface area contributed by atoms with Crippen LogP contribution in [0, 0.1) is 5.92 Å². The van der Waals surface area contributed by atoms with Gasteiger partial charge in [0, 0.05) is 38.6 Å². The van der Waals surface area contributed by atoms with E-state index >= 15 is 0 Å². The number of amides is 1. The average Bonchev–Trinajstić information content (AvgIpc) is 2.89. The van der Waals surface area contributed by atoms with Gasteiger partial charge in [0.05, 0.1) is 7.11 Å². The van der Waals surface area contributed by atoms with Gasteiger partial charge in [-0.2, -0.15) is 0 Å². The maximum Gasteiger partial charge on any atom is 0.226 e. The fraction of sp³-hybridized carbons (Fsp3) is 0.345. The van der Waals surface area contributed by atoms with Crippen molar-refractivity contribution in [2.24, 2.45) is 5.92 Å². The molecule has 0 N–H and O–H groups in total. The number of carbonyl (C=O) groups is 1. The number of rotatable bonds is 6. The van der Waals surface area contributed by atoms with Crippen LogP contribution in [-0.4, -0.2) is 49.0 Å². The molecule has 0 bridgehead atoms. The Morgan fingerprint density at radius 3 is 2.41 bits per heavy atom. The smallest absolute Gasteiger partial charge is 0.226 e. The van der Waals surface area contributed by atoms with Gasteiger partial charge in [0.15, 0.2) is 11.5 Å². The molecule has 1 atom stereocenters. The summed E-state index contributed by atoms with van der Waals surface area (Å²) >= 11 is 0. The molecule has 5 heteroatoms. The zero-order chi connectivity index (χ0) is 23.3. The SMILES string of the molecule is COc1ccccc1Oc1cccc(CN2CCN(C(=O)C3CCc4ccccc4C3)CC2)c1. The highest BCUT2D eigenvalue weighted by atomic mass is 16.5. The number of benzene rings is 3. The van der Waals surface area contributed by atoms with E-state index in [2.05, 4.69) is 46.2 Å². The highest BCUT2D eigenvalue weighted by Gasteiger charge is 2.30. The zero-order valence-electron chi connectivity index (χ0n) is 19.8. The molecule has 3 aromatic carbocycles. The Morgan fingerprint density at radius 1 is 0.882 bits per heavy atom. The van der Waals surface area contributed by atoms with Crippen LogP contribution >= 0.6 is 0 Å². The van der Waals surface area contributed by atoms with E-state index in [1.54, 1.807) is 7.11 Å². The van der Waals surface area contributed by atoms with Gasteiger partial charge < -0.3 is 14.4 Å². The van der Waals surface area contributed by atoms with Gasteiger partial charge in [-0.15, -0.1) is 0 Å². The number of nitrogens with zero attached hydrogens (tertiary/aromatic N) is 2. The molecule has 0 saturated carbocycles. The molecule has 2 aliphatic rings. The molecule has 3 aromatic rings. The van der Waals surface area contributed by atoms with Gasteiger partial charge >= 0.3 is 0 Å². The van der Waals surface area contributed by atoms with Gasteiger partial charge in [0.25, 0.3) is 0 Å². The quantitative estimate of drug-likeness (QED) is 0.527. The monoisotopic (exact) mass is 456 g/mol. The van der Waals surface area contributed by atoms with Crippen molar-refractivity contribution in [2.45, 2.75) is 25.8 Å². The van der Waals surface area contributed by atoms with Gasteiger partial charge in [-0.3, -0.25) is 9.69 Å². The van der Waals surface area contributed by atoms with E-state index in [1.165, 1.54) is 16.7 Å². The lowest BCUT2D eigenvalue weighted by Crippen LogP contribution is -2.50. The second-order valence-corrected chi connectivity index (χ2v) is 9.21. The van der Waals surface area contributed by atoms with Crippen LogP contribution in [0.3, 0.4) is 0 Å². The van der Waals surface area contributed by atoms with Crippen molar-refractivity contribution in [1.29, 1.82) is 0 Å². The average molecular weight is 457 g/mol. The summed E-state index contributed by atoms with van der Waals surface area (Å²) in [5.41, 5.74) is 3.96. The molecule has 5 nitrogen and oxygen atoms in total. The van der Waals surface area contributed by atoms with E-state index in [-0.39, 0.29) is 5.92 Å². The third-order valence-corrected chi connectivity index (χ3v) is 6.98. The number of aryl methyl sites for hydroxylation is 1. The largest absolute Gasteiger partial charge is 0.493 e. The highest BCUT2D eigenvalue weighted by Crippen LogP contribution is 2.31. The molecule has 1 unspecified atom stereocenters. The van der Waals surface area contributed by atoms with Crippen LogP contribution < -0.4 is 9.47 Å². The van der Waals surface area contributed by atoms with E-state index in [1.807, 2.05) is 36.4 Å². The van der Waals surface area contributed by atoms with Gasteiger partial charge in [-0.1, -0.05) is 48.5 Å². The molecule has 0 spiro atoms. The fourth-order valence-electron chi connectivity index (χ4n) is 5.09. The lowest BCUT2D eigenvalue weighted by molar-refractivity contribution is -0.137. The first-order chi connectivity index (χ1) is 16.7. The second kappa shape index (κ2) is 10.3. The molecular formula is C29H32N2O3. The van der Waals surface area contributed by atoms with Crippen LogP contribution in [0.4, 0.5) is 0 Å². The van der Waals surface area contributed by atoms with Crippen LogP contribution in [-0.2, 0) is 24.2 Å². The molecule has 34 heavy (non-hydrogen) atoms. The molecule has 1 saturated heterocycles. The minimum atomic E-state index is 0.130. The van der Waals surface area contributed by atoms with Crippen molar-refractivity contribution in [3.05, 3.63) is 89.5 Å². The van der Waals surface area contributed by atoms with Crippen LogP contribution in [0.15, 0.2) is 72.8 Å². The summed E-state index contributed by atoms with van der Waals surface area (Å²) in [5.74, 6) is 2.69. The minimum Gasteiger partial charge on any atom is -0.493 e. The predicted octanol–water partition coefficient (Wildman–Crippen LogP) is 4.94. The van der Waals surface area contributed by atoms with Crippen molar-refractivity contribution < 1.29 is 14.3 Å². The topological polar surface area (TPSA) is 42.0 Å². The molecule has 5 rings (SSSR count). The van der Waals surface area contributed by atoms with E-state index in [4.69, 9.17) is 9.47 Å². The normalized spacial score (nSPS) is 18.3. The van der Waals surface area contributed by atoms with Crippen molar-refractivity contribution in [3.8, 4) is 17.2 Å². The summed E-state index contributed by atoms with van der Waals surface area (Å²) < 4.78 is 11.5. The standard InChI is InChI=1S/C29H32N2O3/c1-33-27-11-4-5-12-28(27)34-26-10-6-7-22(19-26)21-30-15-17-31(18-16-30)29(32)25-14-13-23-8-2-3-9-24(23)20-25/h2-12,19,25H,13-18,20-21H2,1H3. The third-order valence-electron chi connectivity index (χ3n) is 6.98. The summed E-state index contributed by atoms with van der Waals surface area (Å²) in [6.45, 7) is 4.24. The lowest BCUT2D eigenvalue weighted by Gasteiger charge is -2.37. The lowest BCUT2D eigenvalue weighted by atomic mass is 9.83. The Bertz CT molecular complexity index is 1140. The Morgan fingerprint density at radius 2 is 1.62 bits per heavy atom. The Hall–Kier alpha value is -3.31. The zero-order valence-corrected chi connectivity index (χ0v) is 19.8. The van der Waals surface area contributed by atoms with E-state index in [9.17, 15) is 4.79 Å². The number of hydrogen-bond donors (Lipinski definition) is 0. The molecular weight excluding hydrogens is 424 g/mol. The maximum atomic E-state index is 13.2. The van der Waals surface area contributed by atoms with Gasteiger partial charge in [-0.05, 0) is 60.2 Å². The summed E-state index contributed by atoms with van der Waals surface area (Å²) in [6.07, 6.45) is 2.86. The number of carbonyl (C=O) groups excluding carboxylic acids is 1. The summed E-state index contributed by atoms with van der Waals surface area (Å²) in [4.78, 5) is 17.7. The van der Waals surface area contributed by atoms with Crippen molar-refractivity contribution >= 4 is 5.91 Å². The molecule has 0 aromatic heterocycles. The number of fused-ring (bicyclic) bond motifs is 1. The summed E-state index contributed by atoms with van der Waals surface area (Å²) in [7, 11) is 1.65. The Kier molecular flexibility index (Phi) is 6.82. The molecule has 0 radical (unpaired) electrons. The van der Waals surface area contributed by atoms with E-state index in [0.29, 0.717) is 11.7 Å². The molecule has 1 heterocycles. The first-order valence-corrected chi connectivity index (χ1v) is 12.2. The number of ether oxygens (including phenoxy) is 2. The van der Waals surface area contributed by atoms with Gasteiger partial charge in [0.1, 0.15) is 5.75 Å². The Balaban J connectivity index is 1.15. The van der Waals surface area contributed by atoms with Crippen molar-refractivity contribution in [1.82, 2.24) is 9.80 Å². The van der Waals surface area contributed by atoms with Crippen LogP contribution in [0.25, 0.3) is 0 Å². The minimum absolute atomic E-state index is 0.130. The van der Waals surface area contributed by atoms with Crippen LogP contribution in [0.1, 0.15) is 23.1 Å². The molecule has 176 valence electrons. The number of piperazine rings is 1. The molecule has 1 aliphatic carbocycles. The number of methoxy groups -OCH3 is 1. The van der Waals surface area contributed by atoms with Crippen molar-refractivity contribution in [3.63, 3.8) is 0 Å². The third kappa shape index (κ3) is 5.10. The summed E-state index contributed by atoms with van der Waals surface area (Å²) in [6, 6.07) is 24.4. The fourth-order valence-corrected chi connectivity index (χ4v) is 5.09. The maximum absolute atomic E-state index is 13.2. The molecule has 1 amide bonds. The second-order valence-electron chi connectivity index (χ2n) is 9.21. The Labute approximate surface area is 201 Å². The first kappa shape index (κ1) is 22.5. The van der Waals surface area contributed by atoms with E-state index in [0.717, 1.165) is 63.5 Å². The highest BCUT2D eigenvalue weighted by molar-refractivity contribution is 5.79. The number of para-hydroxylation sites is 2. The van der Waals surface area contributed by atoms with Gasteiger partial charge in [-0.25, -0.2) is 0 Å². The predicted molar refractivity (Wildman–Crippen MR) is 133 cm³/mol. The van der Waals surface area contributed by atoms with Crippen molar-refractivity contribution in [2.75, 3.05) is 33.3 Å². The van der Waals surface area contributed by atoms with Gasteiger partial charge in [0.2, 0.25) is 5.91 Å². The van der Waals surface area contributed by atoms with Crippen LogP contribution in [0.5, 0.6) is 17.2 Å². The number of hydrogen-bond acceptors (Lipinski definition) is 4. The van der Waals surface area contributed by atoms with Crippen LogP contribution in [0.2, 0.25) is 0 Å². The first-order valence-electron chi connectivity index (χ1n) is 12.2. The molecule has 1 aliphatic heterocycles. The molecule has 1 fully saturated rings. The summed E-state index contributed by atoms with van der Waals surface area (Å²) in [5, 5.41) is 0. The van der Waals surface area contributed by atoms with E-state index < -0.39 is 0 Å².